The number of carbonyl (C=O) groups excluding carboxylic acids is 2. The first kappa shape index (κ1) is 19.6. The Bertz CT molecular complexity index is 511. The van der Waals surface area contributed by atoms with Gasteiger partial charge >= 0.3 is 0 Å². The van der Waals surface area contributed by atoms with Crippen molar-refractivity contribution in [3.05, 3.63) is 10.1 Å². The summed E-state index contributed by atoms with van der Waals surface area (Å²) in [6.07, 6.45) is 1.25. The van der Waals surface area contributed by atoms with Gasteiger partial charge in [-0.05, 0) is 26.3 Å². The van der Waals surface area contributed by atoms with Crippen molar-refractivity contribution in [1.82, 2.24) is 15.6 Å². The molecule has 0 aromatic carbocycles. The van der Waals surface area contributed by atoms with Gasteiger partial charge in [-0.2, -0.15) is 0 Å². The van der Waals surface area contributed by atoms with Gasteiger partial charge in [0, 0.05) is 19.1 Å². The summed E-state index contributed by atoms with van der Waals surface area (Å²) in [7, 11) is 1.77. The molecule has 12 nitrogen and oxygen atoms in total. The van der Waals surface area contributed by atoms with E-state index in [0.717, 1.165) is 0 Å². The summed E-state index contributed by atoms with van der Waals surface area (Å²) < 4.78 is 0. The van der Waals surface area contributed by atoms with Crippen molar-refractivity contribution < 1.29 is 14.6 Å². The number of likely N-dealkylation sites (tertiary alicyclic amines) is 1. The predicted molar refractivity (Wildman–Crippen MR) is 86.0 cm³/mol. The molecule has 0 saturated carbocycles. The lowest BCUT2D eigenvalue weighted by Crippen LogP contribution is -2.46. The van der Waals surface area contributed by atoms with E-state index in [1.54, 1.807) is 17.4 Å². The minimum absolute atomic E-state index is 0.177. The Morgan fingerprint density at radius 3 is 2.67 bits per heavy atom. The second-order valence-corrected chi connectivity index (χ2v) is 5.68. The van der Waals surface area contributed by atoms with Gasteiger partial charge in [0.2, 0.25) is 11.8 Å². The van der Waals surface area contributed by atoms with E-state index in [0.29, 0.717) is 25.8 Å². The average molecular weight is 344 g/mol. The molecule has 0 aliphatic carbocycles. The summed E-state index contributed by atoms with van der Waals surface area (Å²) in [4.78, 5) is 38.9. The minimum Gasteiger partial charge on any atom is -0.368 e. The lowest BCUT2D eigenvalue weighted by atomic mass is 10.1. The molecule has 1 aliphatic heterocycles. The average Bonchev–Trinajstić information content (AvgIpc) is 2.83. The van der Waals surface area contributed by atoms with Gasteiger partial charge in [0.25, 0.3) is 5.96 Å². The first-order chi connectivity index (χ1) is 11.2. The maximum absolute atomic E-state index is 12.0. The number of aliphatic imine (C=N–C) groups is 1. The van der Waals surface area contributed by atoms with Gasteiger partial charge in [-0.3, -0.25) is 14.5 Å². The molecule has 1 aliphatic rings. The molecule has 8 N–H and O–H groups in total. The normalized spacial score (nSPS) is 22.8. The monoisotopic (exact) mass is 344 g/mol. The van der Waals surface area contributed by atoms with Crippen molar-refractivity contribution >= 4 is 17.8 Å². The Morgan fingerprint density at radius 1 is 1.46 bits per heavy atom. The van der Waals surface area contributed by atoms with Crippen LogP contribution >= 0.6 is 0 Å². The van der Waals surface area contributed by atoms with Crippen molar-refractivity contribution in [3.63, 3.8) is 0 Å². The Labute approximate surface area is 138 Å². The number of hydrogen-bond acceptors (Lipinski definition) is 7. The second-order valence-electron chi connectivity index (χ2n) is 5.68. The molecule has 0 unspecified atom stereocenters. The Morgan fingerprint density at radius 2 is 2.12 bits per heavy atom. The van der Waals surface area contributed by atoms with Crippen LogP contribution in [0.25, 0.3) is 0 Å². The third kappa shape index (κ3) is 6.34. The smallest absolute Gasteiger partial charge is 0.251 e. The highest BCUT2D eigenvalue weighted by Gasteiger charge is 2.34. The van der Waals surface area contributed by atoms with Crippen LogP contribution in [-0.2, 0) is 9.59 Å². The highest BCUT2D eigenvalue weighted by Crippen LogP contribution is 2.15. The zero-order valence-corrected chi connectivity index (χ0v) is 13.5. The lowest BCUT2D eigenvalue weighted by molar-refractivity contribution is -0.525. The molecule has 1 rings (SSSR count). The number of hydrogen-bond donors (Lipinski definition) is 5. The number of guanidine groups is 1. The van der Waals surface area contributed by atoms with E-state index in [9.17, 15) is 19.7 Å². The van der Waals surface area contributed by atoms with Crippen LogP contribution in [0.1, 0.15) is 19.3 Å². The fraction of sp³-hybridized carbons (Fsp3) is 0.750. The van der Waals surface area contributed by atoms with E-state index in [-0.39, 0.29) is 24.5 Å². The molecule has 0 radical (unpaired) electrons. The van der Waals surface area contributed by atoms with Crippen LogP contribution in [0, 0.1) is 10.1 Å². The quantitative estimate of drug-likeness (QED) is 0.100. The maximum Gasteiger partial charge on any atom is 0.251 e. The van der Waals surface area contributed by atoms with E-state index in [1.807, 2.05) is 0 Å². The van der Waals surface area contributed by atoms with E-state index in [1.165, 1.54) is 0 Å². The molecular weight excluding hydrogens is 320 g/mol. The minimum atomic E-state index is -0.810. The van der Waals surface area contributed by atoms with E-state index in [2.05, 4.69) is 10.3 Å². The van der Waals surface area contributed by atoms with Gasteiger partial charge in [-0.15, -0.1) is 0 Å². The molecule has 3 atom stereocenters. The Kier molecular flexibility index (Phi) is 7.32. The summed E-state index contributed by atoms with van der Waals surface area (Å²) in [5.41, 5.74) is 18.1. The van der Waals surface area contributed by atoms with E-state index >= 15 is 0 Å². The zero-order chi connectivity index (χ0) is 18.3. The third-order valence-corrected chi connectivity index (χ3v) is 3.72. The van der Waals surface area contributed by atoms with E-state index < -0.39 is 23.0 Å². The first-order valence-corrected chi connectivity index (χ1v) is 7.47. The van der Waals surface area contributed by atoms with Crippen LogP contribution in [0.5, 0.6) is 0 Å². The molecule has 1 fully saturated rings. The fourth-order valence-electron chi connectivity index (χ4n) is 2.52. The van der Waals surface area contributed by atoms with Crippen LogP contribution < -0.4 is 27.9 Å². The van der Waals surface area contributed by atoms with Crippen molar-refractivity contribution in [2.24, 2.45) is 22.2 Å². The number of primary amides is 1. The van der Waals surface area contributed by atoms with Crippen LogP contribution in [0.4, 0.5) is 0 Å². The molecule has 2 amide bonds. The predicted octanol–water partition coefficient (Wildman–Crippen LogP) is -3.14. The number of nitro groups is 1. The van der Waals surface area contributed by atoms with Crippen LogP contribution in [0.2, 0.25) is 0 Å². The second kappa shape index (κ2) is 8.98. The number of hydrazine groups is 1. The largest absolute Gasteiger partial charge is 0.368 e. The van der Waals surface area contributed by atoms with Crippen molar-refractivity contribution in [2.45, 2.75) is 37.4 Å². The van der Waals surface area contributed by atoms with Crippen molar-refractivity contribution in [2.75, 3.05) is 20.1 Å². The maximum atomic E-state index is 12.0. The van der Waals surface area contributed by atoms with Gasteiger partial charge in [-0.25, -0.2) is 15.1 Å². The third-order valence-electron chi connectivity index (χ3n) is 3.72. The summed E-state index contributed by atoms with van der Waals surface area (Å²) in [5.74, 6) is -1.04. The van der Waals surface area contributed by atoms with Gasteiger partial charge in [0.05, 0.1) is 12.1 Å². The summed E-state index contributed by atoms with van der Waals surface area (Å²) in [6.45, 7) is 0.739. The van der Waals surface area contributed by atoms with Gasteiger partial charge < -0.3 is 22.5 Å². The Balaban J connectivity index is 2.31. The molecule has 0 spiro atoms. The molecule has 0 aromatic rings. The Hall–Kier alpha value is -2.47. The molecule has 1 heterocycles. The number of nitrogens with zero attached hydrogens (tertiary/aromatic N) is 3. The zero-order valence-electron chi connectivity index (χ0n) is 13.5. The topological polar surface area (TPSA) is 195 Å². The van der Waals surface area contributed by atoms with Crippen molar-refractivity contribution in [1.29, 1.82) is 0 Å². The van der Waals surface area contributed by atoms with Gasteiger partial charge in [0.1, 0.15) is 0 Å². The van der Waals surface area contributed by atoms with Crippen molar-refractivity contribution in [3.8, 4) is 0 Å². The van der Waals surface area contributed by atoms with Gasteiger partial charge in [0.15, 0.2) is 5.03 Å². The molecule has 1 saturated heterocycles. The molecule has 12 heteroatoms. The number of carbonyl (C=O) groups is 2. The molecular formula is C12H24N8O4. The standard InChI is InChI=1S/C12H24N8O4/c1-19-6-7(5-9(19)10(14)21)17-11(22)8(13)3-2-4-16-12(15)18-20(23)24/h7-9H,2-6,13H2,1H3,(H2,14,21)(H,17,22)(H3,15,16,18)/t7-,8+,9+/m1/s1. The summed E-state index contributed by atoms with van der Waals surface area (Å²) in [5, 5.41) is 12.1. The molecule has 136 valence electrons. The molecule has 0 aromatic heterocycles. The van der Waals surface area contributed by atoms with E-state index in [4.69, 9.17) is 17.2 Å². The lowest BCUT2D eigenvalue weighted by Gasteiger charge is -2.16. The SMILES string of the molecule is CN1C[C@H](NC(=O)[C@@H](N)CCCN=C(N)N[N+](=O)[O-])C[C@H]1C(N)=O. The fourth-order valence-corrected chi connectivity index (χ4v) is 2.52. The number of rotatable bonds is 8. The highest BCUT2D eigenvalue weighted by molar-refractivity contribution is 5.83. The number of nitrogens with one attached hydrogen (secondary N) is 2. The summed E-state index contributed by atoms with van der Waals surface area (Å²) in [6, 6.07) is -1.30. The highest BCUT2D eigenvalue weighted by atomic mass is 16.7. The molecule has 24 heavy (non-hydrogen) atoms. The van der Waals surface area contributed by atoms with Crippen LogP contribution in [-0.4, -0.2) is 66.0 Å². The molecule has 0 bridgehead atoms. The summed E-state index contributed by atoms with van der Waals surface area (Å²) >= 11 is 0. The van der Waals surface area contributed by atoms with Crippen LogP contribution in [0.3, 0.4) is 0 Å². The number of nitrogens with two attached hydrogens (primary N) is 3. The number of amides is 2. The van der Waals surface area contributed by atoms with Crippen LogP contribution in [0.15, 0.2) is 4.99 Å². The number of likely N-dealkylation sites (N-methyl/N-ethyl adjacent to an activating group) is 1. The first-order valence-electron chi connectivity index (χ1n) is 7.47. The van der Waals surface area contributed by atoms with Gasteiger partial charge in [-0.1, -0.05) is 5.43 Å².